The largest absolute Gasteiger partial charge is 0.488 e. The Morgan fingerprint density at radius 3 is 2.21 bits per heavy atom. The van der Waals surface area contributed by atoms with Crippen molar-refractivity contribution in [2.75, 3.05) is 0 Å². The monoisotopic (exact) mass is 438 g/mol. The molecule has 0 aliphatic carbocycles. The summed E-state index contributed by atoms with van der Waals surface area (Å²) in [5, 5.41) is 0. The highest BCUT2D eigenvalue weighted by molar-refractivity contribution is 5.94. The molecule has 0 saturated carbocycles. The zero-order valence-corrected chi connectivity index (χ0v) is 17.9. The van der Waals surface area contributed by atoms with E-state index in [0.29, 0.717) is 17.7 Å². The average molecular weight is 439 g/mol. The summed E-state index contributed by atoms with van der Waals surface area (Å²) >= 11 is 0. The number of amides is 1. The van der Waals surface area contributed by atoms with Crippen LogP contribution in [0.2, 0.25) is 0 Å². The molecule has 4 rings (SSSR count). The van der Waals surface area contributed by atoms with E-state index in [-0.39, 0.29) is 11.6 Å². The molecule has 0 bridgehead atoms. The summed E-state index contributed by atoms with van der Waals surface area (Å²) in [6, 6.07) is 31.3. The van der Waals surface area contributed by atoms with E-state index in [2.05, 4.69) is 17.4 Å². The fraction of sp³-hybridized carbons (Fsp3) is 0.0357. The highest BCUT2D eigenvalue weighted by atomic mass is 19.1. The van der Waals surface area contributed by atoms with Crippen molar-refractivity contribution in [3.8, 4) is 16.9 Å². The van der Waals surface area contributed by atoms with Gasteiger partial charge in [-0.05, 0) is 41.5 Å². The van der Waals surface area contributed by atoms with Gasteiger partial charge in [-0.3, -0.25) is 15.6 Å². The molecule has 4 nitrogen and oxygen atoms in total. The molecule has 2 N–H and O–H groups in total. The van der Waals surface area contributed by atoms with E-state index >= 15 is 0 Å². The minimum Gasteiger partial charge on any atom is -0.488 e. The number of hydrogen-bond donors (Lipinski definition) is 2. The molecule has 0 radical (unpaired) electrons. The molecule has 164 valence electrons. The number of carbonyl (C=O) groups is 1. The molecule has 0 saturated heterocycles. The molecule has 4 aromatic carbocycles. The van der Waals surface area contributed by atoms with Crippen molar-refractivity contribution in [2.24, 2.45) is 0 Å². The van der Waals surface area contributed by atoms with Crippen LogP contribution in [0.4, 0.5) is 4.39 Å². The van der Waals surface area contributed by atoms with E-state index in [0.717, 1.165) is 22.4 Å². The smallest absolute Gasteiger partial charge is 0.269 e. The Bertz CT molecular complexity index is 1250. The summed E-state index contributed by atoms with van der Waals surface area (Å²) in [6.45, 7) is 4.13. The molecule has 0 aromatic heterocycles. The number of nitrogens with one attached hydrogen (secondary N) is 2. The summed E-state index contributed by atoms with van der Waals surface area (Å²) in [5.41, 5.74) is 9.26. The highest BCUT2D eigenvalue weighted by Gasteiger charge is 2.09. The number of halogens is 1. The highest BCUT2D eigenvalue weighted by Crippen LogP contribution is 2.30. The van der Waals surface area contributed by atoms with Crippen molar-refractivity contribution < 1.29 is 13.9 Å². The van der Waals surface area contributed by atoms with Crippen molar-refractivity contribution in [1.29, 1.82) is 0 Å². The standard InChI is InChI=1S/C28H23FN2O2/c1-20(24-11-5-7-13-26(24)29)30-31-28(32)23-17-15-21(16-18-23)19-33-27-14-8-6-12-25(27)22-9-3-2-4-10-22/h2-18,30H,1,19H2,(H,31,32). The second-order valence-electron chi connectivity index (χ2n) is 7.39. The van der Waals surface area contributed by atoms with E-state index in [4.69, 9.17) is 4.74 Å². The molecule has 0 spiro atoms. The molecule has 0 atom stereocenters. The number of benzene rings is 4. The van der Waals surface area contributed by atoms with E-state index in [9.17, 15) is 9.18 Å². The number of carbonyl (C=O) groups excluding carboxylic acids is 1. The molecular weight excluding hydrogens is 415 g/mol. The van der Waals surface area contributed by atoms with Crippen LogP contribution >= 0.6 is 0 Å². The van der Waals surface area contributed by atoms with Crippen molar-refractivity contribution >= 4 is 11.6 Å². The van der Waals surface area contributed by atoms with Crippen LogP contribution in [0, 0.1) is 5.82 Å². The van der Waals surface area contributed by atoms with Crippen LogP contribution in [0.15, 0.2) is 110 Å². The first-order chi connectivity index (χ1) is 16.1. The van der Waals surface area contributed by atoms with Crippen LogP contribution in [0.5, 0.6) is 5.75 Å². The first-order valence-corrected chi connectivity index (χ1v) is 10.5. The first kappa shape index (κ1) is 21.8. The van der Waals surface area contributed by atoms with E-state index in [1.165, 1.54) is 6.07 Å². The second kappa shape index (κ2) is 10.3. The molecule has 0 fully saturated rings. The maximum Gasteiger partial charge on any atom is 0.269 e. The number of rotatable bonds is 8. The summed E-state index contributed by atoms with van der Waals surface area (Å²) in [6.07, 6.45) is 0. The summed E-state index contributed by atoms with van der Waals surface area (Å²) in [5.74, 6) is 0.0261. The van der Waals surface area contributed by atoms with Gasteiger partial charge in [0.1, 0.15) is 18.2 Å². The van der Waals surface area contributed by atoms with Gasteiger partial charge in [0.05, 0.1) is 5.70 Å². The molecule has 5 heteroatoms. The van der Waals surface area contributed by atoms with Crippen LogP contribution in [0.1, 0.15) is 21.5 Å². The summed E-state index contributed by atoms with van der Waals surface area (Å²) in [4.78, 5) is 12.4. The van der Waals surface area contributed by atoms with Crippen LogP contribution in [-0.4, -0.2) is 5.91 Å². The first-order valence-electron chi connectivity index (χ1n) is 10.5. The van der Waals surface area contributed by atoms with Gasteiger partial charge >= 0.3 is 0 Å². The fourth-order valence-electron chi connectivity index (χ4n) is 3.34. The number of hydrazine groups is 1. The van der Waals surface area contributed by atoms with Gasteiger partial charge < -0.3 is 4.74 Å². The van der Waals surface area contributed by atoms with Crippen LogP contribution in [0.3, 0.4) is 0 Å². The molecule has 4 aromatic rings. The summed E-state index contributed by atoms with van der Waals surface area (Å²) < 4.78 is 19.9. The lowest BCUT2D eigenvalue weighted by atomic mass is 10.0. The molecule has 0 aliphatic rings. The Balaban J connectivity index is 1.35. The Hall–Kier alpha value is -4.38. The van der Waals surface area contributed by atoms with Crippen LogP contribution in [-0.2, 0) is 6.61 Å². The molecular formula is C28H23FN2O2. The third kappa shape index (κ3) is 5.46. The Morgan fingerprint density at radius 1 is 0.788 bits per heavy atom. The zero-order chi connectivity index (χ0) is 23.0. The van der Waals surface area contributed by atoms with Gasteiger partial charge in [0.25, 0.3) is 5.91 Å². The van der Waals surface area contributed by atoms with Crippen molar-refractivity contribution in [3.63, 3.8) is 0 Å². The zero-order valence-electron chi connectivity index (χ0n) is 17.9. The van der Waals surface area contributed by atoms with Crippen molar-refractivity contribution in [3.05, 3.63) is 132 Å². The Morgan fingerprint density at radius 2 is 1.45 bits per heavy atom. The maximum atomic E-state index is 13.8. The summed E-state index contributed by atoms with van der Waals surface area (Å²) in [7, 11) is 0. The second-order valence-corrected chi connectivity index (χ2v) is 7.39. The van der Waals surface area contributed by atoms with Gasteiger partial charge in [-0.15, -0.1) is 0 Å². The minimum atomic E-state index is -0.414. The van der Waals surface area contributed by atoms with Crippen molar-refractivity contribution in [2.45, 2.75) is 6.61 Å². The Labute approximate surface area is 192 Å². The van der Waals surface area contributed by atoms with Gasteiger partial charge in [0.15, 0.2) is 0 Å². The minimum absolute atomic E-state index is 0.267. The predicted octanol–water partition coefficient (Wildman–Crippen LogP) is 5.98. The van der Waals surface area contributed by atoms with Crippen molar-refractivity contribution in [1.82, 2.24) is 10.9 Å². The van der Waals surface area contributed by atoms with Gasteiger partial charge in [0.2, 0.25) is 0 Å². The van der Waals surface area contributed by atoms with E-state index in [1.807, 2.05) is 66.7 Å². The van der Waals surface area contributed by atoms with Crippen LogP contribution < -0.4 is 15.6 Å². The molecule has 0 aliphatic heterocycles. The molecule has 33 heavy (non-hydrogen) atoms. The van der Waals surface area contributed by atoms with E-state index in [1.54, 1.807) is 30.3 Å². The van der Waals surface area contributed by atoms with Gasteiger partial charge in [-0.1, -0.05) is 79.4 Å². The maximum absolute atomic E-state index is 13.8. The van der Waals surface area contributed by atoms with E-state index < -0.39 is 5.82 Å². The number of para-hydroxylation sites is 1. The van der Waals surface area contributed by atoms with Gasteiger partial charge in [0, 0.05) is 16.7 Å². The normalized spacial score (nSPS) is 10.3. The molecule has 1 amide bonds. The lowest BCUT2D eigenvalue weighted by Crippen LogP contribution is -2.36. The molecule has 0 unspecified atom stereocenters. The lowest BCUT2D eigenvalue weighted by molar-refractivity contribution is 0.0942. The lowest BCUT2D eigenvalue weighted by Gasteiger charge is -2.13. The topological polar surface area (TPSA) is 50.4 Å². The van der Waals surface area contributed by atoms with Gasteiger partial charge in [-0.2, -0.15) is 0 Å². The Kier molecular flexibility index (Phi) is 6.81. The van der Waals surface area contributed by atoms with Gasteiger partial charge in [-0.25, -0.2) is 4.39 Å². The predicted molar refractivity (Wildman–Crippen MR) is 129 cm³/mol. The molecule has 0 heterocycles. The quantitative estimate of drug-likeness (QED) is 0.333. The third-order valence-corrected chi connectivity index (χ3v) is 5.11. The average Bonchev–Trinajstić information content (AvgIpc) is 2.87. The SMILES string of the molecule is C=C(NNC(=O)c1ccc(COc2ccccc2-c2ccccc2)cc1)c1ccccc1F. The number of ether oxygens (including phenoxy) is 1. The third-order valence-electron chi connectivity index (χ3n) is 5.11. The van der Waals surface area contributed by atoms with Crippen LogP contribution in [0.25, 0.3) is 16.8 Å². The number of hydrogen-bond acceptors (Lipinski definition) is 3. The fourth-order valence-corrected chi connectivity index (χ4v) is 3.34.